The van der Waals surface area contributed by atoms with Gasteiger partial charge < -0.3 is 15.0 Å². The first kappa shape index (κ1) is 16.4. The van der Waals surface area contributed by atoms with E-state index in [1.54, 1.807) is 16.8 Å². The van der Waals surface area contributed by atoms with Crippen molar-refractivity contribution in [2.45, 2.75) is 18.9 Å². The fourth-order valence-corrected chi connectivity index (χ4v) is 3.88. The van der Waals surface area contributed by atoms with Gasteiger partial charge >= 0.3 is 5.69 Å². The van der Waals surface area contributed by atoms with Crippen molar-refractivity contribution in [3.05, 3.63) is 33.2 Å². The maximum atomic E-state index is 11.4. The van der Waals surface area contributed by atoms with Gasteiger partial charge in [0.2, 0.25) is 11.8 Å². The molecule has 0 aromatic carbocycles. The minimum absolute atomic E-state index is 0.218. The maximum absolute atomic E-state index is 11.4. The second-order valence-corrected chi connectivity index (χ2v) is 7.83. The monoisotopic (exact) mass is 386 g/mol. The van der Waals surface area contributed by atoms with Crippen molar-refractivity contribution in [1.29, 1.82) is 0 Å². The number of thioether (sulfide) groups is 1. The maximum Gasteiger partial charge on any atom is 0.326 e. The molecule has 1 saturated carbocycles. The molecule has 0 amide bonds. The molecule has 5 rings (SSSR count). The number of H-pyrrole nitrogens is 2. The molecule has 1 saturated heterocycles. The Balaban J connectivity index is 1.71. The van der Waals surface area contributed by atoms with Crippen LogP contribution in [0.5, 0.6) is 5.88 Å². The zero-order valence-corrected chi connectivity index (χ0v) is 15.2. The molecule has 140 valence electrons. The number of nitrogens with one attached hydrogen (secondary N) is 2. The van der Waals surface area contributed by atoms with Crippen LogP contribution in [-0.4, -0.2) is 65.3 Å². The first-order valence-electron chi connectivity index (χ1n) is 8.83. The Kier molecular flexibility index (Phi) is 3.88. The van der Waals surface area contributed by atoms with E-state index >= 15 is 0 Å². The van der Waals surface area contributed by atoms with Gasteiger partial charge in [-0.2, -0.15) is 31.3 Å². The summed E-state index contributed by atoms with van der Waals surface area (Å²) in [6, 6.07) is 0.301. The van der Waals surface area contributed by atoms with Crippen LogP contribution in [0.25, 0.3) is 11.7 Å². The van der Waals surface area contributed by atoms with Crippen molar-refractivity contribution < 1.29 is 5.11 Å². The predicted molar refractivity (Wildman–Crippen MR) is 101 cm³/mol. The molecule has 3 N–H and O–H groups in total. The van der Waals surface area contributed by atoms with E-state index in [-0.39, 0.29) is 11.6 Å². The van der Waals surface area contributed by atoms with Gasteiger partial charge in [-0.15, -0.1) is 0 Å². The minimum Gasteiger partial charge on any atom is -0.493 e. The van der Waals surface area contributed by atoms with E-state index in [1.165, 1.54) is 0 Å². The molecule has 3 aromatic rings. The highest BCUT2D eigenvalue weighted by Gasteiger charge is 2.22. The highest BCUT2D eigenvalue weighted by atomic mass is 32.2. The molecule has 27 heavy (non-hydrogen) atoms. The second-order valence-electron chi connectivity index (χ2n) is 6.60. The second kappa shape index (κ2) is 6.41. The van der Waals surface area contributed by atoms with E-state index in [2.05, 4.69) is 29.9 Å². The Labute approximate surface area is 157 Å². The van der Waals surface area contributed by atoms with Crippen LogP contribution in [0.1, 0.15) is 18.5 Å². The third-order valence-corrected chi connectivity index (χ3v) is 5.48. The number of hydrogen-bond acceptors (Lipinski definition) is 8. The molecule has 10 nitrogen and oxygen atoms in total. The van der Waals surface area contributed by atoms with Crippen LogP contribution < -0.4 is 21.4 Å². The molecular weight excluding hydrogens is 368 g/mol. The van der Waals surface area contributed by atoms with E-state index in [1.807, 2.05) is 11.8 Å². The molecule has 2 fully saturated rings. The largest absolute Gasteiger partial charge is 0.493 e. The lowest BCUT2D eigenvalue weighted by atomic mass is 10.3. The molecule has 11 heteroatoms. The summed E-state index contributed by atoms with van der Waals surface area (Å²) in [7, 11) is 0. The van der Waals surface area contributed by atoms with Gasteiger partial charge in [0.25, 0.3) is 5.62 Å². The lowest BCUT2D eigenvalue weighted by Gasteiger charge is -2.26. The van der Waals surface area contributed by atoms with E-state index < -0.39 is 5.69 Å². The van der Waals surface area contributed by atoms with Crippen LogP contribution >= 0.6 is 11.8 Å². The third kappa shape index (κ3) is 3.18. The summed E-state index contributed by atoms with van der Waals surface area (Å²) in [5, 5.41) is 14.9. The van der Waals surface area contributed by atoms with E-state index in [4.69, 9.17) is 4.98 Å². The molecule has 2 aliphatic rings. The Hall–Kier alpha value is -2.82. The van der Waals surface area contributed by atoms with Gasteiger partial charge in [0.05, 0.1) is 12.2 Å². The number of aromatic hydroxyl groups is 1. The molecule has 4 heterocycles. The van der Waals surface area contributed by atoms with E-state index in [0.29, 0.717) is 28.5 Å². The molecule has 1 aliphatic carbocycles. The van der Waals surface area contributed by atoms with Gasteiger partial charge in [0, 0.05) is 29.8 Å². The van der Waals surface area contributed by atoms with E-state index in [9.17, 15) is 9.90 Å². The summed E-state index contributed by atoms with van der Waals surface area (Å²) < 4.78 is 1.62. The third-order valence-electron chi connectivity index (χ3n) is 4.54. The highest BCUT2D eigenvalue weighted by Crippen LogP contribution is 2.22. The van der Waals surface area contributed by atoms with Crippen LogP contribution in [0.2, 0.25) is 0 Å². The number of anilines is 1. The van der Waals surface area contributed by atoms with Crippen LogP contribution in [0.3, 0.4) is 0 Å². The first-order valence-corrected chi connectivity index (χ1v) is 9.98. The van der Waals surface area contributed by atoms with Crippen LogP contribution in [0.15, 0.2) is 16.0 Å². The summed E-state index contributed by atoms with van der Waals surface area (Å²) >= 11 is 1.92. The van der Waals surface area contributed by atoms with Crippen molar-refractivity contribution in [3.63, 3.8) is 0 Å². The Morgan fingerprint density at radius 2 is 2.07 bits per heavy atom. The number of aromatic amines is 2. The molecule has 0 radical (unpaired) electrons. The topological polar surface area (TPSA) is 128 Å². The summed E-state index contributed by atoms with van der Waals surface area (Å²) in [5.41, 5.74) is 0.951. The SMILES string of the molecule is O=c1[nH]c(O)c(C=c2cnn3c(=NC4CC4)nc(N4CCSCC4)nc23)[nH]1. The average Bonchev–Trinajstić information content (AvgIpc) is 3.31. The Bertz CT molecular complexity index is 1170. The van der Waals surface area contributed by atoms with Crippen LogP contribution in [0, 0.1) is 0 Å². The highest BCUT2D eigenvalue weighted by molar-refractivity contribution is 7.99. The number of rotatable bonds is 3. The van der Waals surface area contributed by atoms with Gasteiger partial charge in [-0.25, -0.2) is 9.79 Å². The summed E-state index contributed by atoms with van der Waals surface area (Å²) in [6.07, 6.45) is 5.41. The number of aromatic nitrogens is 6. The molecule has 0 bridgehead atoms. The van der Waals surface area contributed by atoms with Crippen molar-refractivity contribution in [3.8, 4) is 5.88 Å². The summed E-state index contributed by atoms with van der Waals surface area (Å²) in [4.78, 5) is 32.5. The Morgan fingerprint density at radius 3 is 2.78 bits per heavy atom. The average molecular weight is 386 g/mol. The van der Waals surface area contributed by atoms with Crippen LogP contribution in [0.4, 0.5) is 5.95 Å². The summed E-state index contributed by atoms with van der Waals surface area (Å²) in [5.74, 6) is 2.51. The molecule has 1 aliphatic heterocycles. The number of nitrogens with zero attached hydrogens (tertiary/aromatic N) is 6. The number of fused-ring (bicyclic) bond motifs is 1. The zero-order valence-electron chi connectivity index (χ0n) is 14.4. The lowest BCUT2D eigenvalue weighted by Crippen LogP contribution is -2.36. The molecule has 0 spiro atoms. The smallest absolute Gasteiger partial charge is 0.326 e. The fourth-order valence-electron chi connectivity index (χ4n) is 2.97. The van der Waals surface area contributed by atoms with Gasteiger partial charge in [0.1, 0.15) is 5.69 Å². The zero-order chi connectivity index (χ0) is 18.4. The first-order chi connectivity index (χ1) is 13.2. The quantitative estimate of drug-likeness (QED) is 0.527. The van der Waals surface area contributed by atoms with Gasteiger partial charge in [0.15, 0.2) is 5.65 Å². The number of hydrogen-bond donors (Lipinski definition) is 3. The predicted octanol–water partition coefficient (Wildman–Crippen LogP) is -0.990. The normalized spacial score (nSPS) is 19.3. The fraction of sp³-hybridized carbons (Fsp3) is 0.438. The molecule has 0 unspecified atom stereocenters. The van der Waals surface area contributed by atoms with Gasteiger partial charge in [-0.05, 0) is 18.9 Å². The van der Waals surface area contributed by atoms with Crippen LogP contribution in [-0.2, 0) is 0 Å². The molecule has 0 atom stereocenters. The van der Waals surface area contributed by atoms with Crippen molar-refractivity contribution in [2.24, 2.45) is 4.99 Å². The molecular formula is C16H18N8O2S. The van der Waals surface area contributed by atoms with Gasteiger partial charge in [-0.1, -0.05) is 0 Å². The minimum atomic E-state index is -0.472. The lowest BCUT2D eigenvalue weighted by molar-refractivity contribution is 0.454. The standard InChI is InChI=1S/C16H18N8O2S/c25-13-11(19-16(26)21-13)7-9-8-17-24-12(9)20-14(23-3-5-27-6-4-23)22-15(24)18-10-1-2-10/h7-8,10,25H,1-6H2,(H2,19,21,26). The molecule has 3 aromatic heterocycles. The van der Waals surface area contributed by atoms with Crippen molar-refractivity contribution in [1.82, 2.24) is 29.5 Å². The van der Waals surface area contributed by atoms with E-state index in [0.717, 1.165) is 37.4 Å². The Morgan fingerprint density at radius 1 is 1.26 bits per heavy atom. The van der Waals surface area contributed by atoms with Gasteiger partial charge in [-0.3, -0.25) is 4.98 Å². The summed E-state index contributed by atoms with van der Waals surface area (Å²) in [6.45, 7) is 1.78. The number of imidazole rings is 1. The van der Waals surface area contributed by atoms with Crippen molar-refractivity contribution in [2.75, 3.05) is 29.5 Å². The van der Waals surface area contributed by atoms with Crippen molar-refractivity contribution >= 4 is 29.4 Å².